The third-order valence-electron chi connectivity index (χ3n) is 3.68. The molecule has 27 heavy (non-hydrogen) atoms. The molecule has 0 aliphatic heterocycles. The van der Waals surface area contributed by atoms with Gasteiger partial charge in [-0.2, -0.15) is 0 Å². The Morgan fingerprint density at radius 1 is 1.11 bits per heavy atom. The topological polar surface area (TPSA) is 68.7 Å². The molecule has 0 saturated heterocycles. The number of carboxylic acids is 1. The standard InChI is InChI=1S/C18H11F4NO4/c1-26-16-5-2-9(19)6-13(16)15-8-12(17(24)25)11-7-10(27-18(20,21)22)3-4-14(11)23-15/h2-8H,1H3,(H,24,25). The highest BCUT2D eigenvalue weighted by Gasteiger charge is 2.31. The van der Waals surface area contributed by atoms with Gasteiger partial charge in [-0.15, -0.1) is 13.2 Å². The molecule has 0 aliphatic carbocycles. The summed E-state index contributed by atoms with van der Waals surface area (Å²) in [5.74, 6) is -2.28. The second kappa shape index (κ2) is 6.75. The molecule has 3 aromatic rings. The summed E-state index contributed by atoms with van der Waals surface area (Å²) in [4.78, 5) is 15.8. The van der Waals surface area contributed by atoms with Crippen LogP contribution in [0.4, 0.5) is 17.6 Å². The van der Waals surface area contributed by atoms with Crippen LogP contribution in [0.5, 0.6) is 11.5 Å². The first kappa shape index (κ1) is 18.4. The van der Waals surface area contributed by atoms with E-state index in [1.165, 1.54) is 25.3 Å². The highest BCUT2D eigenvalue weighted by molar-refractivity contribution is 6.04. The number of aromatic nitrogens is 1. The number of nitrogens with zero attached hydrogens (tertiary/aromatic N) is 1. The SMILES string of the molecule is COc1ccc(F)cc1-c1cc(C(=O)O)c2cc(OC(F)(F)F)ccc2n1. The number of carbonyl (C=O) groups is 1. The Morgan fingerprint density at radius 2 is 1.85 bits per heavy atom. The molecule has 1 aromatic heterocycles. The average molecular weight is 381 g/mol. The number of pyridine rings is 1. The van der Waals surface area contributed by atoms with Gasteiger partial charge in [0, 0.05) is 10.9 Å². The molecule has 0 atom stereocenters. The van der Waals surface area contributed by atoms with Crippen molar-refractivity contribution in [2.24, 2.45) is 0 Å². The number of fused-ring (bicyclic) bond motifs is 1. The molecule has 0 amide bonds. The van der Waals surface area contributed by atoms with E-state index in [1.807, 2.05) is 0 Å². The average Bonchev–Trinajstić information content (AvgIpc) is 2.59. The Kier molecular flexibility index (Phi) is 4.61. The van der Waals surface area contributed by atoms with Crippen molar-refractivity contribution in [1.82, 2.24) is 4.98 Å². The molecule has 3 rings (SSSR count). The van der Waals surface area contributed by atoms with Gasteiger partial charge in [0.15, 0.2) is 0 Å². The fourth-order valence-corrected chi connectivity index (χ4v) is 2.60. The van der Waals surface area contributed by atoms with Crippen LogP contribution in [-0.4, -0.2) is 29.5 Å². The summed E-state index contributed by atoms with van der Waals surface area (Å²) in [6.07, 6.45) is -4.92. The first-order chi connectivity index (χ1) is 12.7. The van der Waals surface area contributed by atoms with E-state index in [2.05, 4.69) is 9.72 Å². The molecule has 0 aliphatic rings. The van der Waals surface area contributed by atoms with Crippen molar-refractivity contribution in [2.45, 2.75) is 6.36 Å². The number of ether oxygens (including phenoxy) is 2. The van der Waals surface area contributed by atoms with E-state index in [-0.39, 0.29) is 33.5 Å². The first-order valence-corrected chi connectivity index (χ1v) is 7.45. The molecule has 140 valence electrons. The van der Waals surface area contributed by atoms with Crippen LogP contribution < -0.4 is 9.47 Å². The third-order valence-corrected chi connectivity index (χ3v) is 3.68. The predicted molar refractivity (Wildman–Crippen MR) is 87.3 cm³/mol. The van der Waals surface area contributed by atoms with Crippen LogP contribution in [0.3, 0.4) is 0 Å². The van der Waals surface area contributed by atoms with Gasteiger partial charge >= 0.3 is 12.3 Å². The number of methoxy groups -OCH3 is 1. The normalized spacial score (nSPS) is 11.4. The van der Waals surface area contributed by atoms with Crippen LogP contribution in [0.15, 0.2) is 42.5 Å². The van der Waals surface area contributed by atoms with E-state index in [0.717, 1.165) is 24.3 Å². The molecule has 0 radical (unpaired) electrons. The van der Waals surface area contributed by atoms with E-state index in [9.17, 15) is 27.5 Å². The molecule has 1 N–H and O–H groups in total. The first-order valence-electron chi connectivity index (χ1n) is 7.45. The molecule has 0 saturated carbocycles. The summed E-state index contributed by atoms with van der Waals surface area (Å²) in [6.45, 7) is 0. The Bertz CT molecular complexity index is 1030. The summed E-state index contributed by atoms with van der Waals surface area (Å²) in [5, 5.41) is 9.41. The van der Waals surface area contributed by atoms with Gasteiger partial charge in [0.1, 0.15) is 17.3 Å². The lowest BCUT2D eigenvalue weighted by molar-refractivity contribution is -0.274. The number of hydrogen-bond donors (Lipinski definition) is 1. The van der Waals surface area contributed by atoms with Crippen molar-refractivity contribution in [3.63, 3.8) is 0 Å². The van der Waals surface area contributed by atoms with E-state index in [1.54, 1.807) is 0 Å². The van der Waals surface area contributed by atoms with Gasteiger partial charge in [0.2, 0.25) is 0 Å². The minimum atomic E-state index is -4.92. The molecule has 9 heteroatoms. The van der Waals surface area contributed by atoms with Gasteiger partial charge in [0.05, 0.1) is 23.9 Å². The lowest BCUT2D eigenvalue weighted by Gasteiger charge is -2.13. The summed E-state index contributed by atoms with van der Waals surface area (Å²) in [7, 11) is 1.36. The van der Waals surface area contributed by atoms with Gasteiger partial charge < -0.3 is 14.6 Å². The van der Waals surface area contributed by atoms with Crippen molar-refractivity contribution in [2.75, 3.05) is 7.11 Å². The van der Waals surface area contributed by atoms with Crippen molar-refractivity contribution >= 4 is 16.9 Å². The van der Waals surface area contributed by atoms with Gasteiger partial charge in [-0.1, -0.05) is 0 Å². The molecule has 1 heterocycles. The number of hydrogen-bond acceptors (Lipinski definition) is 4. The second-order valence-electron chi connectivity index (χ2n) is 5.43. The van der Waals surface area contributed by atoms with E-state index in [0.29, 0.717) is 0 Å². The Labute approximate surface area is 149 Å². The minimum Gasteiger partial charge on any atom is -0.496 e. The fourth-order valence-electron chi connectivity index (χ4n) is 2.60. The lowest BCUT2D eigenvalue weighted by Crippen LogP contribution is -2.17. The van der Waals surface area contributed by atoms with Crippen molar-refractivity contribution in [3.8, 4) is 22.8 Å². The third kappa shape index (κ3) is 3.91. The van der Waals surface area contributed by atoms with Gasteiger partial charge in [0.25, 0.3) is 0 Å². The van der Waals surface area contributed by atoms with Crippen LogP contribution in [0.1, 0.15) is 10.4 Å². The molecule has 0 unspecified atom stereocenters. The molecular weight excluding hydrogens is 370 g/mol. The number of alkyl halides is 3. The monoisotopic (exact) mass is 381 g/mol. The fraction of sp³-hybridized carbons (Fsp3) is 0.111. The van der Waals surface area contributed by atoms with Gasteiger partial charge in [-0.3, -0.25) is 0 Å². The highest BCUT2D eigenvalue weighted by atomic mass is 19.4. The maximum atomic E-state index is 13.6. The number of rotatable bonds is 4. The molecule has 5 nitrogen and oxygen atoms in total. The largest absolute Gasteiger partial charge is 0.573 e. The minimum absolute atomic E-state index is 0.0524. The number of aromatic carboxylic acids is 1. The molecular formula is C18H11F4NO4. The van der Waals surface area contributed by atoms with Crippen LogP contribution in [0, 0.1) is 5.82 Å². The van der Waals surface area contributed by atoms with Crippen LogP contribution in [0.2, 0.25) is 0 Å². The maximum Gasteiger partial charge on any atom is 0.573 e. The Balaban J connectivity index is 2.22. The number of halogens is 4. The summed E-state index contributed by atoms with van der Waals surface area (Å²) in [5.41, 5.74) is 0.0953. The summed E-state index contributed by atoms with van der Waals surface area (Å²) < 4.78 is 59.8. The molecule has 0 fully saturated rings. The van der Waals surface area contributed by atoms with Gasteiger partial charge in [-0.05, 0) is 42.5 Å². The molecule has 0 spiro atoms. The van der Waals surface area contributed by atoms with Crippen LogP contribution in [0.25, 0.3) is 22.2 Å². The van der Waals surface area contributed by atoms with Crippen molar-refractivity contribution in [3.05, 3.63) is 53.8 Å². The highest BCUT2D eigenvalue weighted by Crippen LogP contribution is 2.34. The van der Waals surface area contributed by atoms with E-state index in [4.69, 9.17) is 4.74 Å². The van der Waals surface area contributed by atoms with Crippen LogP contribution in [-0.2, 0) is 0 Å². The molecule has 2 aromatic carbocycles. The second-order valence-corrected chi connectivity index (χ2v) is 5.43. The van der Waals surface area contributed by atoms with Crippen molar-refractivity contribution in [1.29, 1.82) is 0 Å². The number of carboxylic acid groups (broad SMARTS) is 1. The van der Waals surface area contributed by atoms with E-state index >= 15 is 0 Å². The Morgan fingerprint density at radius 3 is 2.48 bits per heavy atom. The van der Waals surface area contributed by atoms with Gasteiger partial charge in [-0.25, -0.2) is 14.2 Å². The summed E-state index contributed by atoms with van der Waals surface area (Å²) >= 11 is 0. The zero-order chi connectivity index (χ0) is 19.8. The molecule has 0 bridgehead atoms. The van der Waals surface area contributed by atoms with Crippen LogP contribution >= 0.6 is 0 Å². The Hall–Kier alpha value is -3.36. The number of benzene rings is 2. The zero-order valence-corrected chi connectivity index (χ0v) is 13.7. The zero-order valence-electron chi connectivity index (χ0n) is 13.7. The summed E-state index contributed by atoms with van der Waals surface area (Å²) in [6, 6.07) is 7.93. The quantitative estimate of drug-likeness (QED) is 0.667. The van der Waals surface area contributed by atoms with E-state index < -0.39 is 23.9 Å². The van der Waals surface area contributed by atoms with Crippen molar-refractivity contribution < 1.29 is 36.9 Å². The smallest absolute Gasteiger partial charge is 0.496 e. The predicted octanol–water partition coefficient (Wildman–Crippen LogP) is 4.65. The maximum absolute atomic E-state index is 13.6. The lowest BCUT2D eigenvalue weighted by atomic mass is 10.0.